The second-order valence-electron chi connectivity index (χ2n) is 3.33. The van der Waals surface area contributed by atoms with E-state index in [-0.39, 0.29) is 5.75 Å². The zero-order valence-electron chi connectivity index (χ0n) is 8.71. The topological polar surface area (TPSA) is 83.5 Å². The molecule has 0 radical (unpaired) electrons. The summed E-state index contributed by atoms with van der Waals surface area (Å²) in [5, 5.41) is 10.4. The fraction of sp³-hybridized carbons (Fsp3) is 0.444. The Hall–Kier alpha value is -0.920. The third kappa shape index (κ3) is 4.30. The smallest absolute Gasteiger partial charge is 0.321 e. The number of thiophene rings is 1. The number of sulfonamides is 1. The highest BCUT2D eigenvalue weighted by Gasteiger charge is 2.19. The van der Waals surface area contributed by atoms with Crippen LogP contribution < -0.4 is 4.72 Å². The molecule has 1 aromatic rings. The minimum absolute atomic E-state index is 0.0921. The fourth-order valence-corrected chi connectivity index (χ4v) is 3.15. The van der Waals surface area contributed by atoms with E-state index in [9.17, 15) is 13.2 Å². The van der Waals surface area contributed by atoms with Crippen molar-refractivity contribution < 1.29 is 18.3 Å². The lowest BCUT2D eigenvalue weighted by atomic mass is 10.4. The molecule has 0 aromatic carbocycles. The maximum atomic E-state index is 11.5. The Labute approximate surface area is 98.2 Å². The highest BCUT2D eigenvalue weighted by molar-refractivity contribution is 7.89. The second kappa shape index (κ2) is 5.42. The highest BCUT2D eigenvalue weighted by atomic mass is 32.2. The van der Waals surface area contributed by atoms with E-state index in [1.165, 1.54) is 18.3 Å². The number of aryl methyl sites for hydroxylation is 1. The van der Waals surface area contributed by atoms with E-state index in [1.54, 1.807) is 0 Å². The Morgan fingerprint density at radius 3 is 2.81 bits per heavy atom. The molecule has 5 nitrogen and oxygen atoms in total. The van der Waals surface area contributed by atoms with Gasteiger partial charge in [0.25, 0.3) is 0 Å². The molecule has 0 fully saturated rings. The summed E-state index contributed by atoms with van der Waals surface area (Å²) < 4.78 is 25.0. The normalized spacial score (nSPS) is 13.6. The van der Waals surface area contributed by atoms with Crippen LogP contribution in [-0.2, 0) is 21.2 Å². The predicted octanol–water partition coefficient (Wildman–Crippen LogP) is 0.683. The van der Waals surface area contributed by atoms with Gasteiger partial charge in [0.05, 0.1) is 5.75 Å². The molecule has 0 aliphatic heterocycles. The Kier molecular flexibility index (Phi) is 4.45. The van der Waals surface area contributed by atoms with Crippen LogP contribution in [0.25, 0.3) is 0 Å². The average molecular weight is 263 g/mol. The van der Waals surface area contributed by atoms with Gasteiger partial charge >= 0.3 is 5.97 Å². The molecule has 0 unspecified atom stereocenters. The van der Waals surface area contributed by atoms with Crippen molar-refractivity contribution in [3.05, 3.63) is 22.4 Å². The SMILES string of the molecule is C[C@H](NS(=O)(=O)CCc1cccs1)C(=O)O. The van der Waals surface area contributed by atoms with Crippen molar-refractivity contribution in [2.45, 2.75) is 19.4 Å². The molecule has 0 bridgehead atoms. The number of hydrogen-bond acceptors (Lipinski definition) is 4. The third-order valence-corrected chi connectivity index (χ3v) is 4.31. The van der Waals surface area contributed by atoms with Crippen LogP contribution in [0.15, 0.2) is 17.5 Å². The molecular weight excluding hydrogens is 250 g/mol. The minimum Gasteiger partial charge on any atom is -0.480 e. The Morgan fingerprint density at radius 2 is 2.31 bits per heavy atom. The summed E-state index contributed by atoms with van der Waals surface area (Å²) in [5.41, 5.74) is 0. The van der Waals surface area contributed by atoms with Crippen molar-refractivity contribution in [2.75, 3.05) is 5.75 Å². The molecule has 90 valence electrons. The summed E-state index contributed by atoms with van der Waals surface area (Å²) in [6.45, 7) is 1.30. The summed E-state index contributed by atoms with van der Waals surface area (Å²) in [4.78, 5) is 11.5. The van der Waals surface area contributed by atoms with Crippen LogP contribution in [0.3, 0.4) is 0 Å². The number of rotatable bonds is 6. The summed E-state index contributed by atoms with van der Waals surface area (Å²) in [6, 6.07) is 2.61. The number of nitrogens with one attached hydrogen (secondary N) is 1. The molecule has 0 saturated carbocycles. The summed E-state index contributed by atoms with van der Waals surface area (Å²) in [7, 11) is -3.53. The van der Waals surface area contributed by atoms with Gasteiger partial charge in [0.2, 0.25) is 10.0 Å². The summed E-state index contributed by atoms with van der Waals surface area (Å²) >= 11 is 1.48. The minimum atomic E-state index is -3.53. The monoisotopic (exact) mass is 263 g/mol. The lowest BCUT2D eigenvalue weighted by Gasteiger charge is -2.09. The molecule has 16 heavy (non-hydrogen) atoms. The first-order valence-corrected chi connectivity index (χ1v) is 7.19. The molecule has 1 heterocycles. The van der Waals surface area contributed by atoms with E-state index in [4.69, 9.17) is 5.11 Å². The lowest BCUT2D eigenvalue weighted by molar-refractivity contribution is -0.138. The van der Waals surface area contributed by atoms with E-state index < -0.39 is 22.0 Å². The number of aliphatic carboxylic acids is 1. The molecule has 0 aliphatic rings. The number of carboxylic acid groups (broad SMARTS) is 1. The first-order valence-electron chi connectivity index (χ1n) is 4.66. The summed E-state index contributed by atoms with van der Waals surface area (Å²) in [6.07, 6.45) is 0.402. The van der Waals surface area contributed by atoms with Gasteiger partial charge in [-0.05, 0) is 24.8 Å². The predicted molar refractivity (Wildman–Crippen MR) is 62.0 cm³/mol. The van der Waals surface area contributed by atoms with Crippen LogP contribution in [0.1, 0.15) is 11.8 Å². The number of carbonyl (C=O) groups is 1. The Morgan fingerprint density at radius 1 is 1.62 bits per heavy atom. The van der Waals surface area contributed by atoms with Gasteiger partial charge in [-0.15, -0.1) is 11.3 Å². The maximum Gasteiger partial charge on any atom is 0.321 e. The van der Waals surface area contributed by atoms with E-state index >= 15 is 0 Å². The average Bonchev–Trinajstić information content (AvgIpc) is 2.66. The van der Waals surface area contributed by atoms with Gasteiger partial charge in [0.1, 0.15) is 6.04 Å². The summed E-state index contributed by atoms with van der Waals surface area (Å²) in [5.74, 6) is -1.27. The first kappa shape index (κ1) is 13.1. The van der Waals surface area contributed by atoms with E-state index in [1.807, 2.05) is 17.5 Å². The van der Waals surface area contributed by atoms with Gasteiger partial charge in [-0.3, -0.25) is 4.79 Å². The van der Waals surface area contributed by atoms with Gasteiger partial charge in [-0.2, -0.15) is 0 Å². The quantitative estimate of drug-likeness (QED) is 0.790. The first-order chi connectivity index (χ1) is 7.41. The van der Waals surface area contributed by atoms with E-state index in [2.05, 4.69) is 4.72 Å². The zero-order chi connectivity index (χ0) is 12.2. The molecular formula is C9H13NO4S2. The molecule has 7 heteroatoms. The molecule has 0 aliphatic carbocycles. The standard InChI is InChI=1S/C9H13NO4S2/c1-7(9(11)12)10-16(13,14)6-4-8-3-2-5-15-8/h2-3,5,7,10H,4,6H2,1H3,(H,11,12)/t7-/m0/s1. The fourth-order valence-electron chi connectivity index (χ4n) is 1.07. The van der Waals surface area contributed by atoms with Crippen LogP contribution >= 0.6 is 11.3 Å². The van der Waals surface area contributed by atoms with Crippen LogP contribution in [0.4, 0.5) is 0 Å². The molecule has 2 N–H and O–H groups in total. The van der Waals surface area contributed by atoms with Gasteiger partial charge in [-0.1, -0.05) is 6.07 Å². The third-order valence-electron chi connectivity index (χ3n) is 1.92. The highest BCUT2D eigenvalue weighted by Crippen LogP contribution is 2.09. The molecule has 0 spiro atoms. The molecule has 0 saturated heterocycles. The van der Waals surface area contributed by atoms with Crippen LogP contribution in [0.2, 0.25) is 0 Å². The van der Waals surface area contributed by atoms with Gasteiger partial charge in [0.15, 0.2) is 0 Å². The molecule has 1 atom stereocenters. The van der Waals surface area contributed by atoms with Crippen molar-refractivity contribution in [1.29, 1.82) is 0 Å². The van der Waals surface area contributed by atoms with Gasteiger partial charge in [0, 0.05) is 4.88 Å². The van der Waals surface area contributed by atoms with Gasteiger partial charge < -0.3 is 5.11 Å². The number of carboxylic acids is 1. The Bertz CT molecular complexity index is 438. The second-order valence-corrected chi connectivity index (χ2v) is 6.23. The van der Waals surface area contributed by atoms with Gasteiger partial charge in [-0.25, -0.2) is 13.1 Å². The van der Waals surface area contributed by atoms with Crippen molar-refractivity contribution >= 4 is 27.3 Å². The van der Waals surface area contributed by atoms with Crippen LogP contribution in [0.5, 0.6) is 0 Å². The maximum absolute atomic E-state index is 11.5. The van der Waals surface area contributed by atoms with E-state index in [0.717, 1.165) is 4.88 Å². The van der Waals surface area contributed by atoms with Crippen molar-refractivity contribution in [1.82, 2.24) is 4.72 Å². The molecule has 1 rings (SSSR count). The number of hydrogen-bond donors (Lipinski definition) is 2. The van der Waals surface area contributed by atoms with E-state index in [0.29, 0.717) is 6.42 Å². The van der Waals surface area contributed by atoms with Crippen molar-refractivity contribution in [3.63, 3.8) is 0 Å². The molecule has 0 amide bonds. The van der Waals surface area contributed by atoms with Crippen LogP contribution in [0, 0.1) is 0 Å². The molecule has 1 aromatic heterocycles. The van der Waals surface area contributed by atoms with Crippen molar-refractivity contribution in [3.8, 4) is 0 Å². The Balaban J connectivity index is 2.49. The van der Waals surface area contributed by atoms with Crippen molar-refractivity contribution in [2.24, 2.45) is 0 Å². The lowest BCUT2D eigenvalue weighted by Crippen LogP contribution is -2.39. The van der Waals surface area contributed by atoms with Crippen LogP contribution in [-0.4, -0.2) is 31.3 Å². The largest absolute Gasteiger partial charge is 0.480 e. The zero-order valence-corrected chi connectivity index (χ0v) is 10.3.